The van der Waals surface area contributed by atoms with E-state index in [1.54, 1.807) is 30.7 Å². The van der Waals surface area contributed by atoms with Gasteiger partial charge in [-0.3, -0.25) is 9.78 Å². The highest BCUT2D eigenvalue weighted by Gasteiger charge is 2.23. The monoisotopic (exact) mass is 341 g/mol. The first-order chi connectivity index (χ1) is 12.3. The van der Waals surface area contributed by atoms with Crippen LogP contribution in [0, 0.1) is 0 Å². The minimum absolute atomic E-state index is 0.0804. The molecular formula is C18H23N5O2. The molecule has 0 bridgehead atoms. The normalized spacial score (nSPS) is 17.2. The summed E-state index contributed by atoms with van der Waals surface area (Å²) >= 11 is 0. The van der Waals surface area contributed by atoms with E-state index in [1.165, 1.54) is 0 Å². The average Bonchev–Trinajstić information content (AvgIpc) is 2.67. The molecule has 7 heteroatoms. The van der Waals surface area contributed by atoms with E-state index in [2.05, 4.69) is 20.2 Å². The van der Waals surface area contributed by atoms with E-state index >= 15 is 0 Å². The molecule has 25 heavy (non-hydrogen) atoms. The van der Waals surface area contributed by atoms with E-state index in [0.29, 0.717) is 24.5 Å². The van der Waals surface area contributed by atoms with Crippen LogP contribution in [0.4, 0.5) is 5.82 Å². The Morgan fingerprint density at radius 3 is 3.12 bits per heavy atom. The number of anilines is 1. The fraction of sp³-hybridized carbons (Fsp3) is 0.389. The molecule has 1 aromatic carbocycles. The number of hydrogen-bond donors (Lipinski definition) is 2. The summed E-state index contributed by atoms with van der Waals surface area (Å²) in [7, 11) is 0. The first-order valence-electron chi connectivity index (χ1n) is 8.51. The van der Waals surface area contributed by atoms with Crippen molar-refractivity contribution in [1.82, 2.24) is 15.3 Å². The van der Waals surface area contributed by atoms with E-state index in [4.69, 9.17) is 10.5 Å². The standard InChI is InChI=1S/C18H23N5O2/c19-6-10-25-16-5-1-3-14(11-16)18(24)22-15-4-2-9-23(13-15)17-12-20-7-8-21-17/h1,3,5,7-8,11-12,15H,2,4,6,9-10,13,19H2,(H,22,24). The van der Waals surface area contributed by atoms with Gasteiger partial charge in [0.25, 0.3) is 5.91 Å². The zero-order chi connectivity index (χ0) is 17.5. The van der Waals surface area contributed by atoms with Crippen LogP contribution in [0.3, 0.4) is 0 Å². The molecule has 1 amide bonds. The Morgan fingerprint density at radius 2 is 2.32 bits per heavy atom. The summed E-state index contributed by atoms with van der Waals surface area (Å²) < 4.78 is 5.48. The van der Waals surface area contributed by atoms with Crippen LogP contribution in [0.2, 0.25) is 0 Å². The molecule has 1 aromatic heterocycles. The molecule has 1 unspecified atom stereocenters. The van der Waals surface area contributed by atoms with Crippen LogP contribution < -0.4 is 20.7 Å². The number of piperidine rings is 1. The summed E-state index contributed by atoms with van der Waals surface area (Å²) in [6.07, 6.45) is 7.05. The van der Waals surface area contributed by atoms with Gasteiger partial charge in [-0.2, -0.15) is 0 Å². The molecule has 3 rings (SSSR count). The Bertz CT molecular complexity index is 695. The van der Waals surface area contributed by atoms with Gasteiger partial charge in [-0.25, -0.2) is 4.98 Å². The fourth-order valence-electron chi connectivity index (χ4n) is 2.93. The highest BCUT2D eigenvalue weighted by atomic mass is 16.5. The quantitative estimate of drug-likeness (QED) is 0.820. The molecule has 0 radical (unpaired) electrons. The number of nitrogens with one attached hydrogen (secondary N) is 1. The zero-order valence-electron chi connectivity index (χ0n) is 14.1. The molecule has 1 atom stereocenters. The maximum atomic E-state index is 12.5. The third-order valence-electron chi connectivity index (χ3n) is 4.11. The second-order valence-electron chi connectivity index (χ2n) is 5.99. The maximum absolute atomic E-state index is 12.5. The number of rotatable bonds is 6. The molecule has 3 N–H and O–H groups in total. The van der Waals surface area contributed by atoms with E-state index in [9.17, 15) is 4.79 Å². The Kier molecular flexibility index (Phi) is 5.79. The van der Waals surface area contributed by atoms with E-state index < -0.39 is 0 Å². The van der Waals surface area contributed by atoms with Crippen molar-refractivity contribution in [2.45, 2.75) is 18.9 Å². The van der Waals surface area contributed by atoms with Gasteiger partial charge < -0.3 is 20.7 Å². The molecule has 1 saturated heterocycles. The molecule has 7 nitrogen and oxygen atoms in total. The first-order valence-corrected chi connectivity index (χ1v) is 8.51. The number of ether oxygens (including phenoxy) is 1. The largest absolute Gasteiger partial charge is 0.492 e. The molecule has 0 saturated carbocycles. The van der Waals surface area contributed by atoms with Crippen molar-refractivity contribution in [3.63, 3.8) is 0 Å². The molecule has 0 aliphatic carbocycles. The lowest BCUT2D eigenvalue weighted by Crippen LogP contribution is -2.48. The van der Waals surface area contributed by atoms with Gasteiger partial charge in [-0.1, -0.05) is 6.07 Å². The molecule has 1 aliphatic heterocycles. The number of nitrogens with zero attached hydrogens (tertiary/aromatic N) is 3. The summed E-state index contributed by atoms with van der Waals surface area (Å²) in [4.78, 5) is 23.2. The van der Waals surface area contributed by atoms with Crippen LogP contribution in [-0.4, -0.2) is 48.2 Å². The van der Waals surface area contributed by atoms with Gasteiger partial charge in [-0.05, 0) is 31.0 Å². The predicted octanol–water partition coefficient (Wildman–Crippen LogP) is 1.21. The molecule has 0 spiro atoms. The number of benzene rings is 1. The molecule has 132 valence electrons. The number of hydrogen-bond acceptors (Lipinski definition) is 6. The minimum atomic E-state index is -0.0933. The van der Waals surface area contributed by atoms with E-state index in [1.807, 2.05) is 12.1 Å². The third-order valence-corrected chi connectivity index (χ3v) is 4.11. The summed E-state index contributed by atoms with van der Waals surface area (Å²) in [6, 6.07) is 7.25. The minimum Gasteiger partial charge on any atom is -0.492 e. The highest BCUT2D eigenvalue weighted by molar-refractivity contribution is 5.94. The van der Waals surface area contributed by atoms with Crippen molar-refractivity contribution in [1.29, 1.82) is 0 Å². The molecule has 1 fully saturated rings. The lowest BCUT2D eigenvalue weighted by Gasteiger charge is -2.33. The van der Waals surface area contributed by atoms with Gasteiger partial charge in [0.05, 0.1) is 6.20 Å². The number of amides is 1. The Labute approximate surface area is 147 Å². The van der Waals surface area contributed by atoms with Gasteiger partial charge in [0.1, 0.15) is 18.2 Å². The predicted molar refractivity (Wildman–Crippen MR) is 95.7 cm³/mol. The lowest BCUT2D eigenvalue weighted by molar-refractivity contribution is 0.0932. The first kappa shape index (κ1) is 17.2. The van der Waals surface area contributed by atoms with E-state index in [-0.39, 0.29) is 11.9 Å². The van der Waals surface area contributed by atoms with Crippen LogP contribution in [0.25, 0.3) is 0 Å². The maximum Gasteiger partial charge on any atom is 0.251 e. The number of aromatic nitrogens is 2. The summed E-state index contributed by atoms with van der Waals surface area (Å²) in [5, 5.41) is 3.11. The van der Waals surface area contributed by atoms with Gasteiger partial charge in [0.2, 0.25) is 0 Å². The van der Waals surface area contributed by atoms with Crippen molar-refractivity contribution in [2.24, 2.45) is 5.73 Å². The van der Waals surface area contributed by atoms with Crippen LogP contribution in [0.1, 0.15) is 23.2 Å². The van der Waals surface area contributed by atoms with Crippen molar-refractivity contribution >= 4 is 11.7 Å². The SMILES string of the molecule is NCCOc1cccc(C(=O)NC2CCCN(c3cnccn3)C2)c1. The summed E-state index contributed by atoms with van der Waals surface area (Å²) in [5.74, 6) is 1.41. The highest BCUT2D eigenvalue weighted by Crippen LogP contribution is 2.18. The van der Waals surface area contributed by atoms with Crippen molar-refractivity contribution in [2.75, 3.05) is 31.1 Å². The second kappa shape index (κ2) is 8.43. The van der Waals surface area contributed by atoms with Crippen LogP contribution in [0.5, 0.6) is 5.75 Å². The molecule has 2 aromatic rings. The van der Waals surface area contributed by atoms with Gasteiger partial charge >= 0.3 is 0 Å². The topological polar surface area (TPSA) is 93.4 Å². The van der Waals surface area contributed by atoms with E-state index in [0.717, 1.165) is 31.7 Å². The molecule has 1 aliphatic rings. The van der Waals surface area contributed by atoms with Gasteiger partial charge in [-0.15, -0.1) is 0 Å². The smallest absolute Gasteiger partial charge is 0.251 e. The fourth-order valence-corrected chi connectivity index (χ4v) is 2.93. The third kappa shape index (κ3) is 4.67. The van der Waals surface area contributed by atoms with Gasteiger partial charge in [0.15, 0.2) is 0 Å². The van der Waals surface area contributed by atoms with Crippen molar-refractivity contribution in [3.8, 4) is 5.75 Å². The van der Waals surface area contributed by atoms with Crippen LogP contribution >= 0.6 is 0 Å². The van der Waals surface area contributed by atoms with Crippen molar-refractivity contribution in [3.05, 3.63) is 48.4 Å². The second-order valence-corrected chi connectivity index (χ2v) is 5.99. The lowest BCUT2D eigenvalue weighted by atomic mass is 10.0. The number of carbonyl (C=O) groups is 1. The molecule has 2 heterocycles. The Morgan fingerprint density at radius 1 is 1.40 bits per heavy atom. The number of carbonyl (C=O) groups excluding carboxylic acids is 1. The Balaban J connectivity index is 1.60. The van der Waals surface area contributed by atoms with Crippen LogP contribution in [-0.2, 0) is 0 Å². The summed E-state index contributed by atoms with van der Waals surface area (Å²) in [6.45, 7) is 2.53. The average molecular weight is 341 g/mol. The van der Waals surface area contributed by atoms with Gasteiger partial charge in [0, 0.05) is 43.6 Å². The summed E-state index contributed by atoms with van der Waals surface area (Å²) in [5.41, 5.74) is 6.03. The zero-order valence-corrected chi connectivity index (χ0v) is 14.1. The molecular weight excluding hydrogens is 318 g/mol. The Hall–Kier alpha value is -2.67. The number of nitrogens with two attached hydrogens (primary N) is 1. The van der Waals surface area contributed by atoms with Crippen molar-refractivity contribution < 1.29 is 9.53 Å². The van der Waals surface area contributed by atoms with Crippen LogP contribution in [0.15, 0.2) is 42.9 Å².